The van der Waals surface area contributed by atoms with Gasteiger partial charge < -0.3 is 10.1 Å². The fraction of sp³-hybridized carbons (Fsp3) is 0.333. The lowest BCUT2D eigenvalue weighted by molar-refractivity contribution is -0.120. The van der Waals surface area contributed by atoms with Gasteiger partial charge in [0.05, 0.1) is 4.90 Å². The first-order valence-corrected chi connectivity index (χ1v) is 13.5. The molecule has 2 heterocycles. The minimum atomic E-state index is -3.55. The van der Waals surface area contributed by atoms with Gasteiger partial charge in [-0.25, -0.2) is 8.42 Å². The third-order valence-corrected chi connectivity index (χ3v) is 8.68. The number of aromatic nitrogens is 1. The average Bonchev–Trinajstić information content (AvgIpc) is 2.90. The molecule has 0 atom stereocenters. The van der Waals surface area contributed by atoms with Crippen molar-refractivity contribution in [3.63, 3.8) is 0 Å². The lowest BCUT2D eigenvalue weighted by Crippen LogP contribution is -2.41. The van der Waals surface area contributed by atoms with Gasteiger partial charge in [0.2, 0.25) is 15.9 Å². The van der Waals surface area contributed by atoms with Crippen LogP contribution in [0.4, 0.5) is 5.69 Å². The number of aryl methyl sites for hydroxylation is 2. The second kappa shape index (κ2) is 10.2. The Balaban J connectivity index is 1.16. The molecular formula is C27H29N3O4S. The second-order valence-corrected chi connectivity index (χ2v) is 11.1. The number of nitrogens with one attached hydrogen (secondary N) is 1. The molecule has 5 rings (SSSR count). The molecule has 2 aliphatic rings. The summed E-state index contributed by atoms with van der Waals surface area (Å²) in [5.41, 5.74) is 3.10. The molecular weight excluding hydrogens is 462 g/mol. The zero-order valence-electron chi connectivity index (χ0n) is 19.5. The van der Waals surface area contributed by atoms with E-state index in [0.29, 0.717) is 48.0 Å². The van der Waals surface area contributed by atoms with Gasteiger partial charge in [-0.1, -0.05) is 6.07 Å². The number of sulfonamides is 1. The van der Waals surface area contributed by atoms with Crippen LogP contribution in [0.2, 0.25) is 0 Å². The number of carbonyl (C=O) groups excluding carboxylic acids is 1. The summed E-state index contributed by atoms with van der Waals surface area (Å²) < 4.78 is 33.7. The number of fused-ring (bicyclic) bond motifs is 1. The smallest absolute Gasteiger partial charge is 0.243 e. The van der Waals surface area contributed by atoms with E-state index in [1.165, 1.54) is 9.87 Å². The standard InChI is InChI=1S/C27H29N3O4S/c31-27(29-23-6-8-24(9-7-23)34-25-11-15-28-16-12-25)21-13-17-30(18-14-21)35(32,33)26-10-5-20-3-1-2-4-22(20)19-26/h5-12,15-16,19,21H,1-4,13-14,17-18H2,(H,29,31). The molecule has 0 bridgehead atoms. The fourth-order valence-electron chi connectivity index (χ4n) is 4.77. The first kappa shape index (κ1) is 23.5. The van der Waals surface area contributed by atoms with Gasteiger partial charge in [-0.05, 0) is 98.2 Å². The van der Waals surface area contributed by atoms with Crippen molar-refractivity contribution in [2.75, 3.05) is 18.4 Å². The van der Waals surface area contributed by atoms with Crippen LogP contribution in [-0.4, -0.2) is 36.7 Å². The molecule has 1 N–H and O–H groups in total. The number of piperidine rings is 1. The Morgan fingerprint density at radius 1 is 0.886 bits per heavy atom. The second-order valence-electron chi connectivity index (χ2n) is 9.11. The van der Waals surface area contributed by atoms with Crippen molar-refractivity contribution in [3.8, 4) is 11.5 Å². The Kier molecular flexibility index (Phi) is 6.83. The van der Waals surface area contributed by atoms with Crippen LogP contribution in [0.5, 0.6) is 11.5 Å². The molecule has 8 heteroatoms. The molecule has 182 valence electrons. The van der Waals surface area contributed by atoms with Crippen LogP contribution in [0.25, 0.3) is 0 Å². The van der Waals surface area contributed by atoms with Gasteiger partial charge in [0, 0.05) is 37.1 Å². The molecule has 0 spiro atoms. The minimum Gasteiger partial charge on any atom is -0.457 e. The Morgan fingerprint density at radius 3 is 2.26 bits per heavy atom. The van der Waals surface area contributed by atoms with E-state index in [-0.39, 0.29) is 11.8 Å². The molecule has 1 fully saturated rings. The van der Waals surface area contributed by atoms with Crippen LogP contribution in [0, 0.1) is 5.92 Å². The molecule has 35 heavy (non-hydrogen) atoms. The Labute approximate surface area is 206 Å². The SMILES string of the molecule is O=C(Nc1ccc(Oc2ccncc2)cc1)C1CCN(S(=O)(=O)c2ccc3c(c2)CCCC3)CC1. The summed E-state index contributed by atoms with van der Waals surface area (Å²) in [6, 6.07) is 16.3. The number of amides is 1. The predicted octanol–water partition coefficient (Wildman–Crippen LogP) is 4.79. The zero-order chi connectivity index (χ0) is 24.3. The zero-order valence-corrected chi connectivity index (χ0v) is 20.3. The highest BCUT2D eigenvalue weighted by molar-refractivity contribution is 7.89. The number of rotatable bonds is 6. The third-order valence-electron chi connectivity index (χ3n) is 6.79. The minimum absolute atomic E-state index is 0.0846. The van der Waals surface area contributed by atoms with Crippen molar-refractivity contribution in [1.29, 1.82) is 0 Å². The summed E-state index contributed by atoms with van der Waals surface area (Å²) in [5.74, 6) is 1.04. The summed E-state index contributed by atoms with van der Waals surface area (Å²) >= 11 is 0. The molecule has 7 nitrogen and oxygen atoms in total. The van der Waals surface area contributed by atoms with Crippen molar-refractivity contribution in [1.82, 2.24) is 9.29 Å². The predicted molar refractivity (Wildman–Crippen MR) is 134 cm³/mol. The van der Waals surface area contributed by atoms with E-state index in [0.717, 1.165) is 31.2 Å². The highest BCUT2D eigenvalue weighted by Gasteiger charge is 2.32. The van der Waals surface area contributed by atoms with Crippen LogP contribution < -0.4 is 10.1 Å². The molecule has 1 amide bonds. The number of hydrogen-bond donors (Lipinski definition) is 1. The van der Waals surface area contributed by atoms with Gasteiger partial charge in [0.25, 0.3) is 0 Å². The van der Waals surface area contributed by atoms with Crippen LogP contribution in [0.3, 0.4) is 0 Å². The van der Waals surface area contributed by atoms with E-state index in [2.05, 4.69) is 10.3 Å². The number of benzene rings is 2. The van der Waals surface area contributed by atoms with Crippen LogP contribution >= 0.6 is 0 Å². The van der Waals surface area contributed by atoms with Gasteiger partial charge in [-0.2, -0.15) is 4.31 Å². The molecule has 1 aromatic heterocycles. The average molecular weight is 492 g/mol. The maximum Gasteiger partial charge on any atom is 0.243 e. The van der Waals surface area contributed by atoms with Crippen molar-refractivity contribution in [2.24, 2.45) is 5.92 Å². The Bertz CT molecular complexity index is 1290. The third kappa shape index (κ3) is 5.39. The summed E-state index contributed by atoms with van der Waals surface area (Å²) in [4.78, 5) is 17.1. The van der Waals surface area contributed by atoms with Gasteiger partial charge in [-0.15, -0.1) is 0 Å². The molecule has 0 unspecified atom stereocenters. The van der Waals surface area contributed by atoms with Crippen LogP contribution in [0.15, 0.2) is 71.9 Å². The van der Waals surface area contributed by atoms with Gasteiger partial charge in [0.1, 0.15) is 11.5 Å². The lowest BCUT2D eigenvalue weighted by atomic mass is 9.92. The van der Waals surface area contributed by atoms with Crippen molar-refractivity contribution in [3.05, 3.63) is 78.1 Å². The summed E-state index contributed by atoms with van der Waals surface area (Å²) in [6.45, 7) is 0.687. The van der Waals surface area contributed by atoms with Crippen LogP contribution in [0.1, 0.15) is 36.8 Å². The Morgan fingerprint density at radius 2 is 1.54 bits per heavy atom. The highest BCUT2D eigenvalue weighted by atomic mass is 32.2. The number of ether oxygens (including phenoxy) is 1. The van der Waals surface area contributed by atoms with Gasteiger partial charge in [0.15, 0.2) is 0 Å². The maximum absolute atomic E-state index is 13.2. The summed E-state index contributed by atoms with van der Waals surface area (Å²) in [7, 11) is -3.55. The monoisotopic (exact) mass is 491 g/mol. The lowest BCUT2D eigenvalue weighted by Gasteiger charge is -2.31. The summed E-state index contributed by atoms with van der Waals surface area (Å²) in [6.07, 6.45) is 8.56. The quantitative estimate of drug-likeness (QED) is 0.536. The number of hydrogen-bond acceptors (Lipinski definition) is 5. The topological polar surface area (TPSA) is 88.6 Å². The number of carbonyl (C=O) groups is 1. The molecule has 3 aromatic rings. The first-order valence-electron chi connectivity index (χ1n) is 12.1. The van der Waals surface area contributed by atoms with Crippen LogP contribution in [-0.2, 0) is 27.7 Å². The van der Waals surface area contributed by atoms with E-state index in [1.54, 1.807) is 54.9 Å². The molecule has 0 saturated carbocycles. The van der Waals surface area contributed by atoms with E-state index in [4.69, 9.17) is 4.74 Å². The van der Waals surface area contributed by atoms with E-state index >= 15 is 0 Å². The molecule has 0 radical (unpaired) electrons. The van der Waals surface area contributed by atoms with Gasteiger partial charge >= 0.3 is 0 Å². The normalized spacial score (nSPS) is 16.9. The molecule has 1 aliphatic heterocycles. The van der Waals surface area contributed by atoms with E-state index in [1.807, 2.05) is 12.1 Å². The number of nitrogens with zero attached hydrogens (tertiary/aromatic N) is 2. The fourth-order valence-corrected chi connectivity index (χ4v) is 6.29. The first-order chi connectivity index (χ1) is 17.0. The molecule has 1 saturated heterocycles. The van der Waals surface area contributed by atoms with Crippen molar-refractivity contribution < 1.29 is 17.9 Å². The number of anilines is 1. The highest BCUT2D eigenvalue weighted by Crippen LogP contribution is 2.29. The summed E-state index contributed by atoms with van der Waals surface area (Å²) in [5, 5.41) is 2.95. The maximum atomic E-state index is 13.2. The Hall–Kier alpha value is -3.23. The molecule has 1 aliphatic carbocycles. The van der Waals surface area contributed by atoms with Gasteiger partial charge in [-0.3, -0.25) is 9.78 Å². The largest absolute Gasteiger partial charge is 0.457 e. The van der Waals surface area contributed by atoms with E-state index in [9.17, 15) is 13.2 Å². The van der Waals surface area contributed by atoms with Crippen molar-refractivity contribution in [2.45, 2.75) is 43.4 Å². The number of pyridine rings is 1. The molecule has 2 aromatic carbocycles. The van der Waals surface area contributed by atoms with E-state index < -0.39 is 10.0 Å². The van der Waals surface area contributed by atoms with Crippen molar-refractivity contribution >= 4 is 21.6 Å².